The van der Waals surface area contributed by atoms with Crippen molar-refractivity contribution in [3.05, 3.63) is 83.4 Å². The third-order valence-electron chi connectivity index (χ3n) is 5.15. The molecule has 2 amide bonds. The molecule has 0 aromatic heterocycles. The molecular weight excluding hydrogens is 458 g/mol. The number of hydrogen-bond acceptors (Lipinski definition) is 5. The van der Waals surface area contributed by atoms with Gasteiger partial charge in [0.05, 0.1) is 5.75 Å². The van der Waals surface area contributed by atoms with Gasteiger partial charge in [-0.3, -0.25) is 14.5 Å². The molecule has 1 saturated heterocycles. The molecule has 6 nitrogen and oxygen atoms in total. The number of carbonyl (C=O) groups excluding carboxylic acids is 2. The van der Waals surface area contributed by atoms with E-state index >= 15 is 0 Å². The zero-order valence-corrected chi connectivity index (χ0v) is 19.9. The van der Waals surface area contributed by atoms with Crippen LogP contribution in [0.4, 0.5) is 17.1 Å². The average Bonchev–Trinajstić information content (AvgIpc) is 3.20. The van der Waals surface area contributed by atoms with Crippen molar-refractivity contribution in [2.75, 3.05) is 41.6 Å². The van der Waals surface area contributed by atoms with E-state index < -0.39 is 0 Å². The Morgan fingerprint density at radius 1 is 1.12 bits per heavy atom. The summed E-state index contributed by atoms with van der Waals surface area (Å²) in [4.78, 5) is 28.9. The Morgan fingerprint density at radius 2 is 1.85 bits per heavy atom. The monoisotopic (exact) mass is 481 g/mol. The lowest BCUT2D eigenvalue weighted by molar-refractivity contribution is -0.118. The molecule has 3 aromatic rings. The first-order valence-electron chi connectivity index (χ1n) is 10.4. The van der Waals surface area contributed by atoms with Gasteiger partial charge in [-0.1, -0.05) is 23.7 Å². The molecule has 0 bridgehead atoms. The predicted octanol–water partition coefficient (Wildman–Crippen LogP) is 5.20. The van der Waals surface area contributed by atoms with Crippen molar-refractivity contribution in [1.82, 2.24) is 0 Å². The lowest BCUT2D eigenvalue weighted by Gasteiger charge is -2.25. The van der Waals surface area contributed by atoms with Crippen molar-refractivity contribution in [3.63, 3.8) is 0 Å². The van der Waals surface area contributed by atoms with Gasteiger partial charge in [0, 0.05) is 36.2 Å². The van der Waals surface area contributed by atoms with Crippen LogP contribution in [0.15, 0.2) is 72.8 Å². The molecule has 0 aliphatic carbocycles. The fourth-order valence-electron chi connectivity index (χ4n) is 3.51. The number of carbonyl (C=O) groups is 2. The minimum atomic E-state index is -0.270. The van der Waals surface area contributed by atoms with Gasteiger partial charge in [-0.15, -0.1) is 11.8 Å². The van der Waals surface area contributed by atoms with Gasteiger partial charge >= 0.3 is 0 Å². The maximum absolute atomic E-state index is 12.7. The normalized spacial score (nSPS) is 15.4. The summed E-state index contributed by atoms with van der Waals surface area (Å²) < 4.78 is 5.51. The smallest absolute Gasteiger partial charge is 0.262 e. The minimum absolute atomic E-state index is 0.0633. The second kappa shape index (κ2) is 10.2. The molecule has 0 radical (unpaired) electrons. The highest BCUT2D eigenvalue weighted by molar-refractivity contribution is 8.00. The van der Waals surface area contributed by atoms with Gasteiger partial charge in [-0.25, -0.2) is 0 Å². The molecule has 1 fully saturated rings. The molecule has 1 unspecified atom stereocenters. The van der Waals surface area contributed by atoms with Gasteiger partial charge in [0.25, 0.3) is 5.91 Å². The van der Waals surface area contributed by atoms with Crippen molar-refractivity contribution in [1.29, 1.82) is 0 Å². The average molecular weight is 482 g/mol. The number of amides is 2. The van der Waals surface area contributed by atoms with Crippen molar-refractivity contribution in [2.45, 2.75) is 5.37 Å². The number of hydrogen-bond donors (Lipinski definition) is 1. The summed E-state index contributed by atoms with van der Waals surface area (Å²) in [6.45, 7) is -0.118. The van der Waals surface area contributed by atoms with E-state index in [1.807, 2.05) is 72.4 Å². The third kappa shape index (κ3) is 5.61. The largest absolute Gasteiger partial charge is 0.484 e. The molecule has 33 heavy (non-hydrogen) atoms. The molecule has 1 N–H and O–H groups in total. The summed E-state index contributed by atoms with van der Waals surface area (Å²) in [6, 6.07) is 22.3. The Balaban J connectivity index is 1.45. The van der Waals surface area contributed by atoms with Gasteiger partial charge in [0.1, 0.15) is 11.1 Å². The SMILES string of the molecule is CN(C)c1ccc(N2C(=O)CSC2c2cccc(NC(=O)COc3ccc(Cl)cc3)c2)cc1. The van der Waals surface area contributed by atoms with Crippen molar-refractivity contribution in [3.8, 4) is 5.75 Å². The van der Waals surface area contributed by atoms with Gasteiger partial charge < -0.3 is 15.0 Å². The van der Waals surface area contributed by atoms with Crippen LogP contribution in [0.25, 0.3) is 0 Å². The molecule has 1 aliphatic heterocycles. The molecule has 0 saturated carbocycles. The number of anilines is 3. The number of rotatable bonds is 7. The van der Waals surface area contributed by atoms with E-state index in [0.29, 0.717) is 22.2 Å². The van der Waals surface area contributed by atoms with Crippen LogP contribution in [-0.4, -0.2) is 38.3 Å². The van der Waals surface area contributed by atoms with Crippen LogP contribution in [0.1, 0.15) is 10.9 Å². The van der Waals surface area contributed by atoms with Crippen LogP contribution in [0.3, 0.4) is 0 Å². The molecule has 8 heteroatoms. The molecule has 1 aliphatic rings. The summed E-state index contributed by atoms with van der Waals surface area (Å²) >= 11 is 7.44. The number of nitrogens with zero attached hydrogens (tertiary/aromatic N) is 2. The van der Waals surface area contributed by atoms with Crippen molar-refractivity contribution in [2.24, 2.45) is 0 Å². The standard InChI is InChI=1S/C25H24ClN3O3S/c1-28(2)20-8-10-21(11-9-20)29-24(31)16-33-25(29)17-4-3-5-19(14-17)27-23(30)15-32-22-12-6-18(26)7-13-22/h3-14,25H,15-16H2,1-2H3,(H,27,30). The zero-order valence-electron chi connectivity index (χ0n) is 18.3. The number of nitrogens with one attached hydrogen (secondary N) is 1. The lowest BCUT2D eigenvalue weighted by atomic mass is 10.1. The fraction of sp³-hybridized carbons (Fsp3) is 0.200. The summed E-state index contributed by atoms with van der Waals surface area (Å²) in [5.41, 5.74) is 3.52. The van der Waals surface area contributed by atoms with E-state index in [9.17, 15) is 9.59 Å². The van der Waals surface area contributed by atoms with E-state index in [2.05, 4.69) is 5.32 Å². The van der Waals surface area contributed by atoms with Crippen LogP contribution in [-0.2, 0) is 9.59 Å². The Hall–Kier alpha value is -3.16. The van der Waals surface area contributed by atoms with E-state index in [1.165, 1.54) is 0 Å². The summed E-state index contributed by atoms with van der Waals surface area (Å²) in [6.07, 6.45) is 0. The minimum Gasteiger partial charge on any atom is -0.484 e. The Bertz CT molecular complexity index is 1140. The molecular formula is C25H24ClN3O3S. The van der Waals surface area contributed by atoms with E-state index in [-0.39, 0.29) is 23.8 Å². The van der Waals surface area contributed by atoms with Crippen LogP contribution >= 0.6 is 23.4 Å². The first-order valence-corrected chi connectivity index (χ1v) is 11.8. The maximum Gasteiger partial charge on any atom is 0.262 e. The highest BCUT2D eigenvalue weighted by atomic mass is 35.5. The maximum atomic E-state index is 12.7. The highest BCUT2D eigenvalue weighted by Crippen LogP contribution is 2.42. The summed E-state index contributed by atoms with van der Waals surface area (Å²) in [5, 5.41) is 3.31. The number of thioether (sulfide) groups is 1. The molecule has 1 heterocycles. The molecule has 1 atom stereocenters. The second-order valence-electron chi connectivity index (χ2n) is 7.75. The zero-order chi connectivity index (χ0) is 23.4. The fourth-order valence-corrected chi connectivity index (χ4v) is 4.80. The topological polar surface area (TPSA) is 61.9 Å². The molecule has 3 aromatic carbocycles. The van der Waals surface area contributed by atoms with E-state index in [4.69, 9.17) is 16.3 Å². The van der Waals surface area contributed by atoms with Crippen LogP contribution in [0.2, 0.25) is 5.02 Å². The number of benzene rings is 3. The first kappa shape index (κ1) is 23.0. The highest BCUT2D eigenvalue weighted by Gasteiger charge is 2.34. The molecule has 0 spiro atoms. The number of ether oxygens (including phenoxy) is 1. The predicted molar refractivity (Wildman–Crippen MR) is 135 cm³/mol. The lowest BCUT2D eigenvalue weighted by Crippen LogP contribution is -2.28. The molecule has 170 valence electrons. The Labute approximate surface area is 202 Å². The first-order chi connectivity index (χ1) is 15.9. The Kier molecular flexibility index (Phi) is 7.11. The Morgan fingerprint density at radius 3 is 2.55 bits per heavy atom. The van der Waals surface area contributed by atoms with Crippen LogP contribution in [0.5, 0.6) is 5.75 Å². The number of halogens is 1. The quantitative estimate of drug-likeness (QED) is 0.502. The van der Waals surface area contributed by atoms with Gasteiger partial charge in [0.2, 0.25) is 5.91 Å². The second-order valence-corrected chi connectivity index (χ2v) is 9.26. The van der Waals surface area contributed by atoms with E-state index in [0.717, 1.165) is 16.9 Å². The van der Waals surface area contributed by atoms with Gasteiger partial charge in [0.15, 0.2) is 6.61 Å². The summed E-state index contributed by atoms with van der Waals surface area (Å²) in [5.74, 6) is 0.771. The summed E-state index contributed by atoms with van der Waals surface area (Å²) in [7, 11) is 3.96. The van der Waals surface area contributed by atoms with Crippen molar-refractivity contribution >= 4 is 52.2 Å². The third-order valence-corrected chi connectivity index (χ3v) is 6.62. The van der Waals surface area contributed by atoms with Gasteiger partial charge in [-0.05, 0) is 66.2 Å². The van der Waals surface area contributed by atoms with Crippen LogP contribution in [0, 0.1) is 0 Å². The van der Waals surface area contributed by atoms with Gasteiger partial charge in [-0.2, -0.15) is 0 Å². The van der Waals surface area contributed by atoms with E-state index in [1.54, 1.807) is 36.0 Å². The van der Waals surface area contributed by atoms with Crippen LogP contribution < -0.4 is 19.9 Å². The van der Waals surface area contributed by atoms with Crippen molar-refractivity contribution < 1.29 is 14.3 Å². The molecule has 4 rings (SSSR count).